The molecule has 0 spiro atoms. The number of amides is 1. The number of phenolic OH excluding ortho intramolecular Hbond substituents is 1. The predicted molar refractivity (Wildman–Crippen MR) is 114 cm³/mol. The van der Waals surface area contributed by atoms with E-state index < -0.39 is 0 Å². The Morgan fingerprint density at radius 1 is 1.18 bits per heavy atom. The second-order valence-corrected chi connectivity index (χ2v) is 8.59. The Bertz CT molecular complexity index is 1050. The van der Waals surface area contributed by atoms with E-state index in [0.717, 1.165) is 16.6 Å². The van der Waals surface area contributed by atoms with Gasteiger partial charge in [-0.15, -0.1) is 0 Å². The first-order chi connectivity index (χ1) is 13.1. The number of pyridine rings is 1. The number of nitrogens with zero attached hydrogens (tertiary/aromatic N) is 1. The van der Waals surface area contributed by atoms with E-state index in [2.05, 4.69) is 26.1 Å². The van der Waals surface area contributed by atoms with Gasteiger partial charge < -0.3 is 10.4 Å². The van der Waals surface area contributed by atoms with Gasteiger partial charge in [0.05, 0.1) is 17.1 Å². The molecule has 1 heterocycles. The first-order valence-corrected chi connectivity index (χ1v) is 9.66. The van der Waals surface area contributed by atoms with Gasteiger partial charge in [-0.2, -0.15) is 0 Å². The molecule has 2 aromatic carbocycles. The zero-order chi connectivity index (χ0) is 20.6. The summed E-state index contributed by atoms with van der Waals surface area (Å²) in [6, 6.07) is 12.6. The number of fused-ring (bicyclic) bond motifs is 1. The fourth-order valence-corrected chi connectivity index (χ4v) is 3.45. The maximum absolute atomic E-state index is 13.0. The molecule has 3 aromatic rings. The zero-order valence-corrected chi connectivity index (χ0v) is 17.6. The number of aromatic nitrogens is 1. The van der Waals surface area contributed by atoms with E-state index in [1.165, 1.54) is 6.07 Å². The number of rotatable bonds is 3. The number of hydrogen-bond acceptors (Lipinski definition) is 3. The van der Waals surface area contributed by atoms with Crippen LogP contribution < -0.4 is 5.32 Å². The Hall–Kier alpha value is -2.59. The Morgan fingerprint density at radius 2 is 1.89 bits per heavy atom. The van der Waals surface area contributed by atoms with E-state index in [9.17, 15) is 9.90 Å². The summed E-state index contributed by atoms with van der Waals surface area (Å²) in [6.07, 6.45) is 0. The lowest BCUT2D eigenvalue weighted by atomic mass is 9.91. The molecule has 0 saturated heterocycles. The van der Waals surface area contributed by atoms with Crippen LogP contribution in [0.1, 0.15) is 60.9 Å². The third kappa shape index (κ3) is 3.97. The van der Waals surface area contributed by atoms with Gasteiger partial charge in [0.1, 0.15) is 5.75 Å². The monoisotopic (exact) mass is 396 g/mol. The number of carbonyl (C=O) groups excluding carboxylic acids is 1. The largest absolute Gasteiger partial charge is 0.508 e. The molecular formula is C23H25ClN2O2. The van der Waals surface area contributed by atoms with E-state index in [0.29, 0.717) is 21.7 Å². The zero-order valence-electron chi connectivity index (χ0n) is 16.8. The number of halogens is 1. The third-order valence-corrected chi connectivity index (χ3v) is 5.19. The molecule has 3 rings (SSSR count). The van der Waals surface area contributed by atoms with E-state index in [-0.39, 0.29) is 23.1 Å². The fourth-order valence-electron chi connectivity index (χ4n) is 3.13. The second kappa shape index (κ2) is 7.44. The Kier molecular flexibility index (Phi) is 5.35. The van der Waals surface area contributed by atoms with Crippen LogP contribution in [0, 0.1) is 6.92 Å². The number of para-hydroxylation sites is 1. The van der Waals surface area contributed by atoms with Gasteiger partial charge in [0.25, 0.3) is 5.91 Å². The van der Waals surface area contributed by atoms with Gasteiger partial charge in [-0.05, 0) is 49.2 Å². The molecule has 146 valence electrons. The van der Waals surface area contributed by atoms with Crippen molar-refractivity contribution in [2.75, 3.05) is 0 Å². The molecule has 0 radical (unpaired) electrons. The highest BCUT2D eigenvalue weighted by Gasteiger charge is 2.20. The van der Waals surface area contributed by atoms with Crippen molar-refractivity contribution in [2.45, 2.75) is 46.1 Å². The van der Waals surface area contributed by atoms with Crippen LogP contribution in [0.3, 0.4) is 0 Å². The quantitative estimate of drug-likeness (QED) is 0.597. The van der Waals surface area contributed by atoms with E-state index in [1.54, 1.807) is 19.1 Å². The molecule has 0 aliphatic carbocycles. The van der Waals surface area contributed by atoms with Crippen molar-refractivity contribution < 1.29 is 9.90 Å². The van der Waals surface area contributed by atoms with Crippen LogP contribution in [0.4, 0.5) is 0 Å². The highest BCUT2D eigenvalue weighted by atomic mass is 35.5. The lowest BCUT2D eigenvalue weighted by Crippen LogP contribution is -2.27. The number of nitrogens with one attached hydrogen (secondary N) is 1. The average molecular weight is 397 g/mol. The highest BCUT2D eigenvalue weighted by Crippen LogP contribution is 2.30. The van der Waals surface area contributed by atoms with Crippen LogP contribution in [0.25, 0.3) is 10.9 Å². The molecule has 1 aromatic heterocycles. The van der Waals surface area contributed by atoms with Crippen molar-refractivity contribution in [3.8, 4) is 5.75 Å². The van der Waals surface area contributed by atoms with Gasteiger partial charge in [-0.1, -0.05) is 50.6 Å². The summed E-state index contributed by atoms with van der Waals surface area (Å²) in [4.78, 5) is 17.8. The molecule has 0 bridgehead atoms. The minimum Gasteiger partial charge on any atom is -0.508 e. The average Bonchev–Trinajstić information content (AvgIpc) is 2.62. The van der Waals surface area contributed by atoms with Gasteiger partial charge in [-0.25, -0.2) is 0 Å². The summed E-state index contributed by atoms with van der Waals surface area (Å²) in [6.45, 7) is 9.96. The summed E-state index contributed by atoms with van der Waals surface area (Å²) >= 11 is 6.27. The van der Waals surface area contributed by atoms with Crippen LogP contribution in [0.15, 0.2) is 42.5 Å². The molecule has 0 unspecified atom stereocenters. The third-order valence-electron chi connectivity index (χ3n) is 4.86. The van der Waals surface area contributed by atoms with Gasteiger partial charge in [-0.3, -0.25) is 9.78 Å². The Labute approximate surface area is 170 Å². The van der Waals surface area contributed by atoms with E-state index in [4.69, 9.17) is 16.6 Å². The molecule has 2 N–H and O–H groups in total. The van der Waals surface area contributed by atoms with E-state index >= 15 is 0 Å². The van der Waals surface area contributed by atoms with Crippen molar-refractivity contribution in [1.29, 1.82) is 0 Å². The van der Waals surface area contributed by atoms with Crippen molar-refractivity contribution >= 4 is 28.4 Å². The van der Waals surface area contributed by atoms with E-state index in [1.807, 2.05) is 31.2 Å². The molecule has 5 heteroatoms. The van der Waals surface area contributed by atoms with Gasteiger partial charge >= 0.3 is 0 Å². The normalized spacial score (nSPS) is 12.8. The van der Waals surface area contributed by atoms with Gasteiger partial charge in [0, 0.05) is 21.5 Å². The van der Waals surface area contributed by atoms with Crippen molar-refractivity contribution in [2.24, 2.45) is 0 Å². The standard InChI is InChI=1S/C23H25ClN2O2/c1-13-11-17(18(24)12-19(13)27)14(2)25-22(28)16-8-6-7-15-9-10-20(23(3,4)5)26-21(15)16/h6-12,14,27H,1-5H3,(H,25,28)/t14-/m0/s1. The first kappa shape index (κ1) is 20.2. The summed E-state index contributed by atoms with van der Waals surface area (Å²) in [7, 11) is 0. The maximum atomic E-state index is 13.0. The number of aromatic hydroxyl groups is 1. The van der Waals surface area contributed by atoms with Crippen molar-refractivity contribution in [3.63, 3.8) is 0 Å². The molecule has 1 amide bonds. The first-order valence-electron chi connectivity index (χ1n) is 9.28. The molecule has 0 saturated carbocycles. The summed E-state index contributed by atoms with van der Waals surface area (Å²) < 4.78 is 0. The van der Waals surface area contributed by atoms with Crippen LogP contribution >= 0.6 is 11.6 Å². The molecule has 0 aliphatic rings. The fraction of sp³-hybridized carbons (Fsp3) is 0.304. The SMILES string of the molecule is Cc1cc([C@H](C)NC(=O)c2cccc3ccc(C(C)(C)C)nc23)c(Cl)cc1O. The number of carbonyl (C=O) groups is 1. The highest BCUT2D eigenvalue weighted by molar-refractivity contribution is 6.31. The Morgan fingerprint density at radius 3 is 2.57 bits per heavy atom. The molecule has 1 atom stereocenters. The van der Waals surface area contributed by atoms with Gasteiger partial charge in [0.15, 0.2) is 0 Å². The molecule has 28 heavy (non-hydrogen) atoms. The molecular weight excluding hydrogens is 372 g/mol. The van der Waals surface area contributed by atoms with Crippen LogP contribution in [0.2, 0.25) is 5.02 Å². The summed E-state index contributed by atoms with van der Waals surface area (Å²) in [5.41, 5.74) is 3.51. The van der Waals surface area contributed by atoms with Crippen LogP contribution in [0.5, 0.6) is 5.75 Å². The lowest BCUT2D eigenvalue weighted by Gasteiger charge is -2.20. The topological polar surface area (TPSA) is 62.2 Å². The summed E-state index contributed by atoms with van der Waals surface area (Å²) in [5.74, 6) is -0.0707. The maximum Gasteiger partial charge on any atom is 0.253 e. The smallest absolute Gasteiger partial charge is 0.253 e. The Balaban J connectivity index is 1.96. The van der Waals surface area contributed by atoms with Crippen LogP contribution in [-0.4, -0.2) is 16.0 Å². The molecule has 0 fully saturated rings. The number of phenols is 1. The minimum atomic E-state index is -0.319. The number of benzene rings is 2. The number of aryl methyl sites for hydroxylation is 1. The predicted octanol–water partition coefficient (Wildman–Crippen LogP) is 5.69. The summed E-state index contributed by atoms with van der Waals surface area (Å²) in [5, 5.41) is 14.1. The van der Waals surface area contributed by atoms with Gasteiger partial charge in [0.2, 0.25) is 0 Å². The van der Waals surface area contributed by atoms with Crippen molar-refractivity contribution in [3.05, 3.63) is 69.9 Å². The number of hydrogen-bond donors (Lipinski definition) is 2. The minimum absolute atomic E-state index is 0.109. The lowest BCUT2D eigenvalue weighted by molar-refractivity contribution is 0.0941. The van der Waals surface area contributed by atoms with Crippen LogP contribution in [-0.2, 0) is 5.41 Å². The molecule has 0 aliphatic heterocycles. The molecule has 4 nitrogen and oxygen atoms in total. The second-order valence-electron chi connectivity index (χ2n) is 8.18. The van der Waals surface area contributed by atoms with Crippen molar-refractivity contribution in [1.82, 2.24) is 10.3 Å².